The molecule has 3 nitrogen and oxygen atoms in total. The van der Waals surface area contributed by atoms with Gasteiger partial charge in [0.15, 0.2) is 0 Å². The summed E-state index contributed by atoms with van der Waals surface area (Å²) < 4.78 is 8.92. The molecule has 0 radical (unpaired) electrons. The summed E-state index contributed by atoms with van der Waals surface area (Å²) in [5.74, 6) is 0. The summed E-state index contributed by atoms with van der Waals surface area (Å²) in [6.45, 7) is 7.77. The maximum atomic E-state index is 6.52. The van der Waals surface area contributed by atoms with Crippen molar-refractivity contribution >= 4 is 33.6 Å². The lowest BCUT2D eigenvalue weighted by atomic mass is 9.94. The summed E-state index contributed by atoms with van der Waals surface area (Å²) in [5, 5.41) is 2.64. The van der Waals surface area contributed by atoms with Crippen LogP contribution in [0.1, 0.15) is 31.9 Å². The summed E-state index contributed by atoms with van der Waals surface area (Å²) in [6, 6.07) is 24.2. The molecule has 0 amide bonds. The minimum Gasteiger partial charge on any atom is -0.348 e. The predicted octanol–water partition coefficient (Wildman–Crippen LogP) is 6.39. The van der Waals surface area contributed by atoms with Crippen molar-refractivity contribution < 1.29 is 4.74 Å². The van der Waals surface area contributed by atoms with Crippen LogP contribution >= 0.6 is 0 Å². The molecule has 2 aliphatic heterocycles. The van der Waals surface area contributed by atoms with Gasteiger partial charge in [0.1, 0.15) is 12.3 Å². The van der Waals surface area contributed by atoms with E-state index in [4.69, 9.17) is 4.74 Å². The highest BCUT2D eigenvalue weighted by Gasteiger charge is 2.50. The topological polar surface area (TPSA) is 17.4 Å². The highest BCUT2D eigenvalue weighted by Crippen LogP contribution is 2.45. The molecule has 2 unspecified atom stereocenters. The van der Waals surface area contributed by atoms with Crippen LogP contribution in [0.15, 0.2) is 72.8 Å². The summed E-state index contributed by atoms with van der Waals surface area (Å²) in [4.78, 5) is 2.47. The van der Waals surface area contributed by atoms with Gasteiger partial charge in [-0.3, -0.25) is 0 Å². The second kappa shape index (κ2) is 6.73. The van der Waals surface area contributed by atoms with Gasteiger partial charge in [0.25, 0.3) is 0 Å². The minimum absolute atomic E-state index is 0.0542. The maximum absolute atomic E-state index is 6.52. The van der Waals surface area contributed by atoms with Gasteiger partial charge in [0, 0.05) is 40.5 Å². The third kappa shape index (κ3) is 2.69. The minimum atomic E-state index is -0.0872. The van der Waals surface area contributed by atoms with Gasteiger partial charge in [-0.25, -0.2) is 0 Å². The van der Waals surface area contributed by atoms with Crippen LogP contribution in [0.3, 0.4) is 0 Å². The van der Waals surface area contributed by atoms with E-state index in [1.807, 2.05) is 0 Å². The summed E-state index contributed by atoms with van der Waals surface area (Å²) in [5.41, 5.74) is 6.45. The Morgan fingerprint density at radius 3 is 2.61 bits per heavy atom. The molecular formula is C28H28N2O. The lowest BCUT2D eigenvalue weighted by Gasteiger charge is -2.34. The van der Waals surface area contributed by atoms with E-state index in [-0.39, 0.29) is 17.9 Å². The Kier molecular flexibility index (Phi) is 4.06. The van der Waals surface area contributed by atoms with E-state index in [2.05, 4.69) is 109 Å². The van der Waals surface area contributed by atoms with E-state index in [0.29, 0.717) is 0 Å². The zero-order valence-corrected chi connectivity index (χ0v) is 18.4. The summed E-state index contributed by atoms with van der Waals surface area (Å²) >= 11 is 0. The number of hydrogen-bond acceptors (Lipinski definition) is 2. The van der Waals surface area contributed by atoms with Crippen molar-refractivity contribution in [3.63, 3.8) is 0 Å². The number of nitrogens with zero attached hydrogens (tertiary/aromatic N) is 2. The predicted molar refractivity (Wildman–Crippen MR) is 130 cm³/mol. The first-order chi connectivity index (χ1) is 15.1. The lowest BCUT2D eigenvalue weighted by molar-refractivity contribution is 0.0653. The van der Waals surface area contributed by atoms with Crippen molar-refractivity contribution in [2.75, 3.05) is 4.90 Å². The van der Waals surface area contributed by atoms with Crippen molar-refractivity contribution in [2.24, 2.45) is 0 Å². The standard InChI is InChI=1S/C28H28N2O/c1-4-29-24-12-8-6-10-21(24)22-17-19(13-15-25(22)29)14-16-26-28(2,3)30-23-11-7-5-9-20(23)18-27(30)31-26/h5-17,26-27H,4,18H2,1-3H3. The fourth-order valence-electron chi connectivity index (χ4n) is 5.61. The van der Waals surface area contributed by atoms with Crippen LogP contribution in [0.25, 0.3) is 27.9 Å². The van der Waals surface area contributed by atoms with Crippen LogP contribution in [0, 0.1) is 0 Å². The van der Waals surface area contributed by atoms with E-state index in [0.717, 1.165) is 13.0 Å². The van der Waals surface area contributed by atoms with Crippen molar-refractivity contribution in [3.8, 4) is 0 Å². The molecule has 0 spiro atoms. The second-order valence-corrected chi connectivity index (χ2v) is 9.26. The Bertz CT molecular complexity index is 1330. The number of benzene rings is 3. The summed E-state index contributed by atoms with van der Waals surface area (Å²) in [7, 11) is 0. The Balaban J connectivity index is 1.35. The number of fused-ring (bicyclic) bond motifs is 6. The first kappa shape index (κ1) is 18.7. The zero-order valence-electron chi connectivity index (χ0n) is 18.4. The molecule has 3 heterocycles. The van der Waals surface area contributed by atoms with E-state index in [1.54, 1.807) is 0 Å². The Morgan fingerprint density at radius 1 is 0.968 bits per heavy atom. The van der Waals surface area contributed by atoms with E-state index in [1.165, 1.54) is 38.6 Å². The maximum Gasteiger partial charge on any atom is 0.135 e. The van der Waals surface area contributed by atoms with E-state index < -0.39 is 0 Å². The Labute approximate surface area is 183 Å². The number of hydrogen-bond donors (Lipinski definition) is 0. The van der Waals surface area contributed by atoms with Gasteiger partial charge in [0.05, 0.1) is 5.54 Å². The number of aromatic nitrogens is 1. The quantitative estimate of drug-likeness (QED) is 0.391. The third-order valence-corrected chi connectivity index (χ3v) is 7.13. The molecule has 31 heavy (non-hydrogen) atoms. The van der Waals surface area contributed by atoms with Crippen molar-refractivity contribution in [3.05, 3.63) is 83.9 Å². The average Bonchev–Trinajstić information content (AvgIpc) is 3.39. The molecule has 3 aromatic carbocycles. The molecule has 2 atom stereocenters. The van der Waals surface area contributed by atoms with Crippen LogP contribution in [0.2, 0.25) is 0 Å². The lowest BCUT2D eigenvalue weighted by Crippen LogP contribution is -2.45. The smallest absolute Gasteiger partial charge is 0.135 e. The molecule has 0 bridgehead atoms. The molecule has 156 valence electrons. The largest absolute Gasteiger partial charge is 0.348 e. The molecule has 0 aliphatic carbocycles. The fourth-order valence-corrected chi connectivity index (χ4v) is 5.61. The molecule has 1 aromatic heterocycles. The van der Waals surface area contributed by atoms with Crippen molar-refractivity contribution in [2.45, 2.75) is 51.6 Å². The van der Waals surface area contributed by atoms with Gasteiger partial charge < -0.3 is 14.2 Å². The van der Waals surface area contributed by atoms with Gasteiger partial charge in [-0.1, -0.05) is 54.6 Å². The first-order valence-electron chi connectivity index (χ1n) is 11.3. The number of ether oxygens (including phenoxy) is 1. The first-order valence-corrected chi connectivity index (χ1v) is 11.3. The monoisotopic (exact) mass is 408 g/mol. The van der Waals surface area contributed by atoms with Crippen LogP contribution in [0.4, 0.5) is 5.69 Å². The molecule has 3 heteroatoms. The molecule has 1 fully saturated rings. The summed E-state index contributed by atoms with van der Waals surface area (Å²) in [6.07, 6.45) is 5.64. The van der Waals surface area contributed by atoms with Gasteiger partial charge in [-0.05, 0) is 56.2 Å². The van der Waals surface area contributed by atoms with Crippen LogP contribution in [0.5, 0.6) is 0 Å². The fraction of sp³-hybridized carbons (Fsp3) is 0.286. The van der Waals surface area contributed by atoms with Crippen LogP contribution < -0.4 is 4.90 Å². The molecule has 0 saturated carbocycles. The number of para-hydroxylation sites is 2. The van der Waals surface area contributed by atoms with Gasteiger partial charge in [0.2, 0.25) is 0 Å². The van der Waals surface area contributed by atoms with Gasteiger partial charge in [-0.2, -0.15) is 0 Å². The van der Waals surface area contributed by atoms with Crippen LogP contribution in [-0.2, 0) is 17.7 Å². The number of rotatable bonds is 3. The molecule has 6 rings (SSSR count). The van der Waals surface area contributed by atoms with Crippen LogP contribution in [-0.4, -0.2) is 22.4 Å². The van der Waals surface area contributed by atoms with Gasteiger partial charge >= 0.3 is 0 Å². The van der Waals surface area contributed by atoms with Gasteiger partial charge in [-0.15, -0.1) is 0 Å². The van der Waals surface area contributed by atoms with Crippen molar-refractivity contribution in [1.82, 2.24) is 4.57 Å². The Morgan fingerprint density at radius 2 is 1.74 bits per heavy atom. The zero-order chi connectivity index (χ0) is 21.2. The number of anilines is 1. The van der Waals surface area contributed by atoms with Crippen molar-refractivity contribution in [1.29, 1.82) is 0 Å². The van der Waals surface area contributed by atoms with E-state index in [9.17, 15) is 0 Å². The average molecular weight is 409 g/mol. The molecular weight excluding hydrogens is 380 g/mol. The Hall–Kier alpha value is -3.04. The highest BCUT2D eigenvalue weighted by atomic mass is 16.5. The highest BCUT2D eigenvalue weighted by molar-refractivity contribution is 6.08. The third-order valence-electron chi connectivity index (χ3n) is 7.13. The number of aryl methyl sites for hydroxylation is 1. The molecule has 0 N–H and O–H groups in total. The normalized spacial score (nSPS) is 22.0. The SMILES string of the molecule is CCn1c2ccccc2c2cc(C=CC3OC4Cc5ccccc5N4C3(C)C)ccc21. The second-order valence-electron chi connectivity index (χ2n) is 9.26. The molecule has 2 aliphatic rings. The van der Waals surface area contributed by atoms with E-state index >= 15 is 0 Å². The molecule has 4 aromatic rings. The molecule has 1 saturated heterocycles.